The summed E-state index contributed by atoms with van der Waals surface area (Å²) >= 11 is 3.60. The van der Waals surface area contributed by atoms with E-state index in [2.05, 4.69) is 31.8 Å². The van der Waals surface area contributed by atoms with Crippen LogP contribution in [-0.4, -0.2) is 10.2 Å². The first-order chi connectivity index (χ1) is 7.17. The molecule has 0 amide bonds. The summed E-state index contributed by atoms with van der Waals surface area (Å²) < 4.78 is 0. The molecule has 1 heterocycles. The van der Waals surface area contributed by atoms with E-state index in [4.69, 9.17) is 5.26 Å². The van der Waals surface area contributed by atoms with Gasteiger partial charge in [-0.3, -0.25) is 0 Å². The molecule has 0 atom stereocenters. The van der Waals surface area contributed by atoms with Crippen LogP contribution < -0.4 is 0 Å². The first kappa shape index (κ1) is 12.5. The van der Waals surface area contributed by atoms with Crippen LogP contribution in [0.1, 0.15) is 36.3 Å². The van der Waals surface area contributed by atoms with Crippen molar-refractivity contribution < 1.29 is 0 Å². The van der Waals surface area contributed by atoms with E-state index >= 15 is 0 Å². The van der Waals surface area contributed by atoms with E-state index in [0.29, 0.717) is 11.7 Å². The van der Waals surface area contributed by atoms with Crippen LogP contribution in [0.25, 0.3) is 0 Å². The molecule has 1 aromatic heterocycles. The molecular weight excluding hydrogens is 224 g/mol. The number of rotatable bonds is 5. The van der Waals surface area contributed by atoms with Gasteiger partial charge in [0.25, 0.3) is 0 Å². The van der Waals surface area contributed by atoms with Crippen molar-refractivity contribution >= 4 is 23.1 Å². The van der Waals surface area contributed by atoms with Gasteiger partial charge in [-0.1, -0.05) is 20.8 Å². The second-order valence-corrected chi connectivity index (χ2v) is 6.26. The lowest BCUT2D eigenvalue weighted by Gasteiger charge is -2.00. The van der Waals surface area contributed by atoms with Gasteiger partial charge in [0.1, 0.15) is 5.01 Å². The molecule has 4 heteroatoms. The van der Waals surface area contributed by atoms with Gasteiger partial charge in [0.2, 0.25) is 0 Å². The normalized spacial score (nSPS) is 10.6. The zero-order valence-electron chi connectivity index (χ0n) is 9.41. The molecule has 0 radical (unpaired) electrons. The first-order valence-electron chi connectivity index (χ1n) is 5.13. The molecule has 0 fully saturated rings. The minimum Gasteiger partial charge on any atom is -0.245 e. The van der Waals surface area contributed by atoms with Gasteiger partial charge >= 0.3 is 0 Å². The third kappa shape index (κ3) is 3.84. The number of thiazole rings is 1. The summed E-state index contributed by atoms with van der Waals surface area (Å²) in [6.07, 6.45) is 1.44. The highest BCUT2D eigenvalue weighted by Crippen LogP contribution is 2.25. The van der Waals surface area contributed by atoms with Crippen molar-refractivity contribution in [2.45, 2.75) is 44.6 Å². The summed E-state index contributed by atoms with van der Waals surface area (Å²) in [5.74, 6) is 0.973. The topological polar surface area (TPSA) is 36.7 Å². The number of nitrogens with zero attached hydrogens (tertiary/aromatic N) is 2. The van der Waals surface area contributed by atoms with Gasteiger partial charge in [-0.05, 0) is 11.7 Å². The SMILES string of the molecule is CCc1nc(CSC(C)C)sc1CC#N. The molecule has 0 aliphatic heterocycles. The monoisotopic (exact) mass is 240 g/mol. The third-order valence-electron chi connectivity index (χ3n) is 1.94. The lowest BCUT2D eigenvalue weighted by atomic mass is 10.2. The molecule has 0 N–H and O–H groups in total. The molecule has 1 aromatic rings. The van der Waals surface area contributed by atoms with Gasteiger partial charge in [0.05, 0.1) is 18.2 Å². The number of hydrogen-bond acceptors (Lipinski definition) is 4. The summed E-state index contributed by atoms with van der Waals surface area (Å²) in [5.41, 5.74) is 1.11. The molecule has 0 bridgehead atoms. The maximum atomic E-state index is 8.69. The number of hydrogen-bond donors (Lipinski definition) is 0. The lowest BCUT2D eigenvalue weighted by molar-refractivity contribution is 1.01. The fourth-order valence-corrected chi connectivity index (χ4v) is 3.09. The van der Waals surface area contributed by atoms with Crippen LogP contribution in [0, 0.1) is 11.3 Å². The van der Waals surface area contributed by atoms with Crippen molar-refractivity contribution in [3.8, 4) is 6.07 Å². The van der Waals surface area contributed by atoms with E-state index in [1.165, 1.54) is 0 Å². The molecule has 0 saturated carbocycles. The Morgan fingerprint density at radius 3 is 2.80 bits per heavy atom. The average Bonchev–Trinajstić information content (AvgIpc) is 2.58. The van der Waals surface area contributed by atoms with Crippen molar-refractivity contribution in [3.05, 3.63) is 15.6 Å². The molecule has 0 saturated heterocycles. The second kappa shape index (κ2) is 6.14. The van der Waals surface area contributed by atoms with E-state index in [-0.39, 0.29) is 0 Å². The summed E-state index contributed by atoms with van der Waals surface area (Å²) in [6.45, 7) is 6.47. The van der Waals surface area contributed by atoms with Crippen LogP contribution in [0.15, 0.2) is 0 Å². The summed E-state index contributed by atoms with van der Waals surface area (Å²) in [7, 11) is 0. The number of thioether (sulfide) groups is 1. The van der Waals surface area contributed by atoms with Crippen LogP contribution in [0.2, 0.25) is 0 Å². The predicted octanol–water partition coefficient (Wildman–Crippen LogP) is 3.41. The molecule has 0 unspecified atom stereocenters. The van der Waals surface area contributed by atoms with Gasteiger partial charge in [-0.15, -0.1) is 11.3 Å². The maximum absolute atomic E-state index is 8.69. The van der Waals surface area contributed by atoms with Gasteiger partial charge < -0.3 is 0 Å². The second-order valence-electron chi connectivity index (χ2n) is 3.53. The molecule has 2 nitrogen and oxygen atoms in total. The molecule has 82 valence electrons. The van der Waals surface area contributed by atoms with E-state index in [1.54, 1.807) is 11.3 Å². The minimum atomic E-state index is 0.507. The Labute approximate surface area is 99.7 Å². The third-order valence-corrected chi connectivity index (χ3v) is 4.32. The minimum absolute atomic E-state index is 0.507. The van der Waals surface area contributed by atoms with Gasteiger partial charge in [-0.2, -0.15) is 17.0 Å². The molecule has 0 aromatic carbocycles. The molecule has 0 aliphatic rings. The Balaban J connectivity index is 2.70. The Morgan fingerprint density at radius 2 is 2.27 bits per heavy atom. The van der Waals surface area contributed by atoms with E-state index in [1.807, 2.05) is 11.8 Å². The summed E-state index contributed by atoms with van der Waals surface area (Å²) in [6, 6.07) is 2.20. The molecule has 15 heavy (non-hydrogen) atoms. The summed E-state index contributed by atoms with van der Waals surface area (Å²) in [5, 5.41) is 10.5. The maximum Gasteiger partial charge on any atom is 0.103 e. The van der Waals surface area contributed by atoms with Crippen molar-refractivity contribution in [1.82, 2.24) is 4.98 Å². The van der Waals surface area contributed by atoms with E-state index in [9.17, 15) is 0 Å². The highest BCUT2D eigenvalue weighted by molar-refractivity contribution is 7.99. The molecule has 0 aliphatic carbocycles. The zero-order chi connectivity index (χ0) is 11.3. The number of aromatic nitrogens is 1. The number of nitriles is 1. The molecule has 1 rings (SSSR count). The average molecular weight is 240 g/mol. The highest BCUT2D eigenvalue weighted by Gasteiger charge is 2.09. The first-order valence-corrected chi connectivity index (χ1v) is 6.99. The largest absolute Gasteiger partial charge is 0.245 e. The van der Waals surface area contributed by atoms with Gasteiger partial charge in [0.15, 0.2) is 0 Å². The predicted molar refractivity (Wildman–Crippen MR) is 67.2 cm³/mol. The fourth-order valence-electron chi connectivity index (χ4n) is 1.22. The van der Waals surface area contributed by atoms with Crippen molar-refractivity contribution in [3.63, 3.8) is 0 Å². The highest BCUT2D eigenvalue weighted by atomic mass is 32.2. The Hall–Kier alpha value is -0.530. The van der Waals surface area contributed by atoms with E-state index < -0.39 is 0 Å². The zero-order valence-corrected chi connectivity index (χ0v) is 11.0. The van der Waals surface area contributed by atoms with E-state index in [0.717, 1.165) is 27.8 Å². The van der Waals surface area contributed by atoms with Crippen LogP contribution >= 0.6 is 23.1 Å². The fraction of sp³-hybridized carbons (Fsp3) is 0.636. The Bertz CT molecular complexity index is 350. The van der Waals surface area contributed by atoms with Gasteiger partial charge in [-0.25, -0.2) is 4.98 Å². The quantitative estimate of drug-likeness (QED) is 0.791. The summed E-state index contributed by atoms with van der Waals surface area (Å²) in [4.78, 5) is 5.72. The van der Waals surface area contributed by atoms with Crippen LogP contribution in [0.3, 0.4) is 0 Å². The van der Waals surface area contributed by atoms with Crippen molar-refractivity contribution in [2.24, 2.45) is 0 Å². The van der Waals surface area contributed by atoms with Crippen LogP contribution in [-0.2, 0) is 18.6 Å². The molecular formula is C11H16N2S2. The Morgan fingerprint density at radius 1 is 1.53 bits per heavy atom. The van der Waals surface area contributed by atoms with Crippen LogP contribution in [0.5, 0.6) is 0 Å². The molecule has 0 spiro atoms. The van der Waals surface area contributed by atoms with Crippen molar-refractivity contribution in [2.75, 3.05) is 0 Å². The standard InChI is InChI=1S/C11H16N2S2/c1-4-9-10(5-6-12)15-11(13-9)7-14-8(2)3/h8H,4-5,7H2,1-3H3. The Kier molecular flexibility index (Phi) is 5.13. The van der Waals surface area contributed by atoms with Crippen molar-refractivity contribution in [1.29, 1.82) is 5.26 Å². The lowest BCUT2D eigenvalue weighted by Crippen LogP contribution is -1.89. The number of aryl methyl sites for hydroxylation is 1. The smallest absolute Gasteiger partial charge is 0.103 e. The van der Waals surface area contributed by atoms with Gasteiger partial charge in [0, 0.05) is 10.6 Å². The van der Waals surface area contributed by atoms with Crippen LogP contribution in [0.4, 0.5) is 0 Å².